The number of nitrogens with zero attached hydrogens (tertiary/aromatic N) is 1. The van der Waals surface area contributed by atoms with Gasteiger partial charge in [-0.15, -0.1) is 17.9 Å². The lowest BCUT2D eigenvalue weighted by atomic mass is 10.2. The molecule has 2 aromatic rings. The number of hydrogen-bond acceptors (Lipinski definition) is 5. The predicted octanol–water partition coefficient (Wildman–Crippen LogP) is 2.11. The monoisotopic (exact) mass is 306 g/mol. The molecule has 0 spiro atoms. The summed E-state index contributed by atoms with van der Waals surface area (Å²) in [4.78, 5) is 14.5. The van der Waals surface area contributed by atoms with Gasteiger partial charge >= 0.3 is 0 Å². The number of aliphatic hydroxyl groups is 1. The highest BCUT2D eigenvalue weighted by Gasteiger charge is 2.21. The fourth-order valence-corrected chi connectivity index (χ4v) is 3.20. The van der Waals surface area contributed by atoms with Gasteiger partial charge in [0.05, 0.1) is 19.4 Å². The molecule has 1 aromatic heterocycles. The number of amides is 1. The number of nitrogens with two attached hydrogens (primary N) is 1. The fourth-order valence-electron chi connectivity index (χ4n) is 2.08. The standard InChI is InChI=1S/C15H18N2O3S/c1-3-6-17(7-8-18)15(19)14-13(16)11-5-4-10(20-2)9-12(11)21-14/h3-5,9,18H,1,6-8,16H2,2H3. The Labute approximate surface area is 127 Å². The summed E-state index contributed by atoms with van der Waals surface area (Å²) in [6.07, 6.45) is 1.63. The first-order valence-electron chi connectivity index (χ1n) is 6.49. The molecule has 0 aliphatic carbocycles. The van der Waals surface area contributed by atoms with Crippen molar-refractivity contribution < 1.29 is 14.6 Å². The molecule has 1 amide bonds. The summed E-state index contributed by atoms with van der Waals surface area (Å²) in [7, 11) is 1.59. The maximum Gasteiger partial charge on any atom is 0.266 e. The first kappa shape index (κ1) is 15.3. The van der Waals surface area contributed by atoms with Crippen molar-refractivity contribution in [3.05, 3.63) is 35.7 Å². The van der Waals surface area contributed by atoms with E-state index in [4.69, 9.17) is 15.6 Å². The molecule has 1 heterocycles. The fraction of sp³-hybridized carbons (Fsp3) is 0.267. The molecule has 0 unspecified atom stereocenters. The zero-order valence-electron chi connectivity index (χ0n) is 11.8. The number of ether oxygens (including phenoxy) is 1. The Kier molecular flexibility index (Phi) is 4.82. The molecule has 2 rings (SSSR count). The Bertz CT molecular complexity index is 666. The largest absolute Gasteiger partial charge is 0.497 e. The number of anilines is 1. The Morgan fingerprint density at radius 1 is 1.57 bits per heavy atom. The minimum Gasteiger partial charge on any atom is -0.497 e. The Morgan fingerprint density at radius 3 is 2.95 bits per heavy atom. The van der Waals surface area contributed by atoms with Gasteiger partial charge in [0.15, 0.2) is 0 Å². The molecule has 0 fully saturated rings. The van der Waals surface area contributed by atoms with Crippen molar-refractivity contribution in [1.82, 2.24) is 4.90 Å². The van der Waals surface area contributed by atoms with E-state index in [9.17, 15) is 4.79 Å². The van der Waals surface area contributed by atoms with Crippen molar-refractivity contribution >= 4 is 33.0 Å². The van der Waals surface area contributed by atoms with Crippen molar-refractivity contribution in [3.8, 4) is 5.75 Å². The van der Waals surface area contributed by atoms with Crippen molar-refractivity contribution in [2.24, 2.45) is 0 Å². The van der Waals surface area contributed by atoms with Crippen LogP contribution in [0.5, 0.6) is 5.75 Å². The molecule has 0 aliphatic rings. The van der Waals surface area contributed by atoms with Gasteiger partial charge in [-0.2, -0.15) is 0 Å². The van der Waals surface area contributed by atoms with E-state index < -0.39 is 0 Å². The van der Waals surface area contributed by atoms with Crippen LogP contribution in [0, 0.1) is 0 Å². The second-order valence-corrected chi connectivity index (χ2v) is 5.52. The molecule has 21 heavy (non-hydrogen) atoms. The third kappa shape index (κ3) is 3.01. The van der Waals surface area contributed by atoms with Gasteiger partial charge in [-0.1, -0.05) is 6.08 Å². The lowest BCUT2D eigenvalue weighted by molar-refractivity contribution is 0.0748. The first-order valence-corrected chi connectivity index (χ1v) is 7.31. The van der Waals surface area contributed by atoms with E-state index in [1.165, 1.54) is 16.2 Å². The third-order valence-corrected chi connectivity index (χ3v) is 4.29. The van der Waals surface area contributed by atoms with Crippen LogP contribution in [-0.4, -0.2) is 42.7 Å². The topological polar surface area (TPSA) is 75.8 Å². The van der Waals surface area contributed by atoms with Crippen LogP contribution in [0.25, 0.3) is 10.1 Å². The van der Waals surface area contributed by atoms with Gasteiger partial charge < -0.3 is 20.5 Å². The van der Waals surface area contributed by atoms with Crippen LogP contribution >= 0.6 is 11.3 Å². The minimum absolute atomic E-state index is 0.0990. The number of thiophene rings is 1. The molecule has 0 saturated heterocycles. The second kappa shape index (κ2) is 6.60. The molecular weight excluding hydrogens is 288 g/mol. The number of methoxy groups -OCH3 is 1. The smallest absolute Gasteiger partial charge is 0.266 e. The summed E-state index contributed by atoms with van der Waals surface area (Å²) in [6.45, 7) is 4.15. The first-order chi connectivity index (χ1) is 10.1. The van der Waals surface area contributed by atoms with E-state index >= 15 is 0 Å². The van der Waals surface area contributed by atoms with E-state index in [1.807, 2.05) is 18.2 Å². The third-order valence-electron chi connectivity index (χ3n) is 3.14. The average molecular weight is 306 g/mol. The van der Waals surface area contributed by atoms with Crippen molar-refractivity contribution in [3.63, 3.8) is 0 Å². The molecule has 112 valence electrons. The van der Waals surface area contributed by atoms with Crippen LogP contribution in [0.15, 0.2) is 30.9 Å². The molecule has 1 aromatic carbocycles. The highest BCUT2D eigenvalue weighted by atomic mass is 32.1. The van der Waals surface area contributed by atoms with Gasteiger partial charge in [0.25, 0.3) is 5.91 Å². The molecular formula is C15H18N2O3S. The molecule has 5 nitrogen and oxygen atoms in total. The van der Waals surface area contributed by atoms with E-state index in [0.717, 1.165) is 15.8 Å². The summed E-state index contributed by atoms with van der Waals surface area (Å²) >= 11 is 1.33. The summed E-state index contributed by atoms with van der Waals surface area (Å²) < 4.78 is 6.08. The van der Waals surface area contributed by atoms with Gasteiger partial charge in [-0.25, -0.2) is 0 Å². The van der Waals surface area contributed by atoms with Gasteiger partial charge in [-0.3, -0.25) is 4.79 Å². The lowest BCUT2D eigenvalue weighted by Crippen LogP contribution is -2.33. The minimum atomic E-state index is -0.193. The van der Waals surface area contributed by atoms with Gasteiger partial charge in [0.2, 0.25) is 0 Å². The summed E-state index contributed by atoms with van der Waals surface area (Å²) in [5.74, 6) is 0.530. The highest BCUT2D eigenvalue weighted by molar-refractivity contribution is 7.21. The number of benzene rings is 1. The van der Waals surface area contributed by atoms with Crippen molar-refractivity contribution in [1.29, 1.82) is 0 Å². The molecule has 0 saturated carbocycles. The quantitative estimate of drug-likeness (QED) is 0.802. The van der Waals surface area contributed by atoms with Crippen LogP contribution in [0.3, 0.4) is 0 Å². The number of nitrogen functional groups attached to an aromatic ring is 1. The number of rotatable bonds is 6. The van der Waals surface area contributed by atoms with Crippen LogP contribution in [0.4, 0.5) is 5.69 Å². The Balaban J connectivity index is 2.42. The Morgan fingerprint density at radius 2 is 2.33 bits per heavy atom. The van der Waals surface area contributed by atoms with Gasteiger partial charge in [-0.05, 0) is 18.2 Å². The van der Waals surface area contributed by atoms with Crippen LogP contribution in [-0.2, 0) is 0 Å². The molecule has 0 bridgehead atoms. The zero-order valence-corrected chi connectivity index (χ0v) is 12.7. The summed E-state index contributed by atoms with van der Waals surface area (Å²) in [6, 6.07) is 5.52. The van der Waals surface area contributed by atoms with Crippen molar-refractivity contribution in [2.45, 2.75) is 0 Å². The van der Waals surface area contributed by atoms with Gasteiger partial charge in [0, 0.05) is 23.2 Å². The molecule has 6 heteroatoms. The van der Waals surface area contributed by atoms with Gasteiger partial charge in [0.1, 0.15) is 10.6 Å². The number of aliphatic hydroxyl groups excluding tert-OH is 1. The Hall–Kier alpha value is -2.05. The van der Waals surface area contributed by atoms with E-state index in [-0.39, 0.29) is 19.1 Å². The van der Waals surface area contributed by atoms with Crippen molar-refractivity contribution in [2.75, 3.05) is 32.5 Å². The van der Waals surface area contributed by atoms with Crippen LogP contribution < -0.4 is 10.5 Å². The highest BCUT2D eigenvalue weighted by Crippen LogP contribution is 2.36. The van der Waals surface area contributed by atoms with Crippen LogP contribution in [0.1, 0.15) is 9.67 Å². The predicted molar refractivity (Wildman–Crippen MR) is 86.0 cm³/mol. The number of carbonyl (C=O) groups excluding carboxylic acids is 1. The SMILES string of the molecule is C=CCN(CCO)C(=O)c1sc2cc(OC)ccc2c1N. The van der Waals surface area contributed by atoms with E-state index in [0.29, 0.717) is 17.1 Å². The summed E-state index contributed by atoms with van der Waals surface area (Å²) in [5.41, 5.74) is 6.56. The molecule has 3 N–H and O–H groups in total. The summed E-state index contributed by atoms with van der Waals surface area (Å²) in [5, 5.41) is 9.90. The lowest BCUT2D eigenvalue weighted by Gasteiger charge is -2.19. The molecule has 0 radical (unpaired) electrons. The second-order valence-electron chi connectivity index (χ2n) is 4.47. The number of fused-ring (bicyclic) bond motifs is 1. The maximum atomic E-state index is 12.5. The maximum absolute atomic E-state index is 12.5. The average Bonchev–Trinajstić information content (AvgIpc) is 2.82. The molecule has 0 aliphatic heterocycles. The van der Waals surface area contributed by atoms with E-state index in [2.05, 4.69) is 6.58 Å². The zero-order chi connectivity index (χ0) is 15.4. The molecule has 0 atom stereocenters. The van der Waals surface area contributed by atoms with Crippen LogP contribution in [0.2, 0.25) is 0 Å². The normalized spacial score (nSPS) is 10.6. The number of hydrogen-bond donors (Lipinski definition) is 2. The number of carbonyl (C=O) groups is 1. The van der Waals surface area contributed by atoms with E-state index in [1.54, 1.807) is 13.2 Å².